The molecule has 0 aromatic carbocycles. The topological polar surface area (TPSA) is 17.8 Å². The SMILES string of the molecule is CC1CC1(C1CCc2ccnn21)C(F)(F)F. The summed E-state index contributed by atoms with van der Waals surface area (Å²) in [6, 6.07) is 1.34. The number of aryl methyl sites for hydroxylation is 1. The molecule has 1 saturated carbocycles. The lowest BCUT2D eigenvalue weighted by Gasteiger charge is -2.27. The second-order valence-electron chi connectivity index (χ2n) is 4.96. The predicted octanol–water partition coefficient (Wildman–Crippen LogP) is 2.96. The molecule has 0 N–H and O–H groups in total. The third kappa shape index (κ3) is 1.06. The summed E-state index contributed by atoms with van der Waals surface area (Å²) in [6.07, 6.45) is -0.966. The van der Waals surface area contributed by atoms with Crippen molar-refractivity contribution < 1.29 is 13.2 Å². The minimum absolute atomic E-state index is 0.250. The predicted molar refractivity (Wildman–Crippen MR) is 51.9 cm³/mol. The van der Waals surface area contributed by atoms with Crippen molar-refractivity contribution in [2.45, 2.75) is 38.4 Å². The third-order valence-corrected chi connectivity index (χ3v) is 4.21. The van der Waals surface area contributed by atoms with Crippen LogP contribution in [0.4, 0.5) is 13.2 Å². The fourth-order valence-corrected chi connectivity index (χ4v) is 3.20. The largest absolute Gasteiger partial charge is 0.396 e. The molecular weight excluding hydrogens is 217 g/mol. The zero-order chi connectivity index (χ0) is 11.6. The summed E-state index contributed by atoms with van der Waals surface area (Å²) in [5.74, 6) is -0.271. The van der Waals surface area contributed by atoms with Crippen LogP contribution in [0.1, 0.15) is 31.5 Å². The van der Waals surface area contributed by atoms with Gasteiger partial charge in [0.15, 0.2) is 0 Å². The van der Waals surface area contributed by atoms with E-state index in [0.29, 0.717) is 6.42 Å². The van der Waals surface area contributed by atoms with Crippen molar-refractivity contribution in [1.82, 2.24) is 9.78 Å². The number of hydrogen-bond donors (Lipinski definition) is 0. The number of aromatic nitrogens is 2. The average molecular weight is 230 g/mol. The van der Waals surface area contributed by atoms with E-state index in [1.807, 2.05) is 6.07 Å². The van der Waals surface area contributed by atoms with E-state index >= 15 is 0 Å². The Morgan fingerprint density at radius 3 is 2.75 bits per heavy atom. The van der Waals surface area contributed by atoms with E-state index in [-0.39, 0.29) is 12.3 Å². The van der Waals surface area contributed by atoms with Gasteiger partial charge in [-0.15, -0.1) is 0 Å². The Hall–Kier alpha value is -1.00. The number of nitrogens with zero attached hydrogens (tertiary/aromatic N) is 2. The van der Waals surface area contributed by atoms with Crippen LogP contribution in [0.25, 0.3) is 0 Å². The third-order valence-electron chi connectivity index (χ3n) is 4.21. The molecule has 3 unspecified atom stereocenters. The quantitative estimate of drug-likeness (QED) is 0.725. The van der Waals surface area contributed by atoms with Crippen molar-refractivity contribution in [2.75, 3.05) is 0 Å². The minimum atomic E-state index is -4.11. The van der Waals surface area contributed by atoms with E-state index in [1.54, 1.807) is 17.8 Å². The van der Waals surface area contributed by atoms with Crippen molar-refractivity contribution in [3.63, 3.8) is 0 Å². The maximum absolute atomic E-state index is 13.2. The normalized spacial score (nSPS) is 37.5. The molecular formula is C11H13F3N2. The molecule has 1 aliphatic carbocycles. The van der Waals surface area contributed by atoms with Gasteiger partial charge in [-0.3, -0.25) is 4.68 Å². The number of halogens is 3. The Balaban J connectivity index is 2.01. The van der Waals surface area contributed by atoms with Gasteiger partial charge >= 0.3 is 6.18 Å². The van der Waals surface area contributed by atoms with Crippen LogP contribution in [0.5, 0.6) is 0 Å². The van der Waals surface area contributed by atoms with Crippen molar-refractivity contribution in [3.05, 3.63) is 18.0 Å². The van der Waals surface area contributed by atoms with Gasteiger partial charge in [0.2, 0.25) is 0 Å². The number of hydrogen-bond acceptors (Lipinski definition) is 1. The van der Waals surface area contributed by atoms with Gasteiger partial charge in [0.1, 0.15) is 0 Å². The first kappa shape index (κ1) is 10.2. The van der Waals surface area contributed by atoms with Gasteiger partial charge in [0.05, 0.1) is 11.5 Å². The van der Waals surface area contributed by atoms with E-state index in [9.17, 15) is 13.2 Å². The van der Waals surface area contributed by atoms with Crippen molar-refractivity contribution >= 4 is 0 Å². The summed E-state index contributed by atoms with van der Waals surface area (Å²) >= 11 is 0. The van der Waals surface area contributed by atoms with Gasteiger partial charge in [-0.1, -0.05) is 6.92 Å². The van der Waals surface area contributed by atoms with Gasteiger partial charge in [-0.05, 0) is 31.2 Å². The molecule has 1 aromatic heterocycles. The van der Waals surface area contributed by atoms with E-state index in [0.717, 1.165) is 12.1 Å². The van der Waals surface area contributed by atoms with Crippen LogP contribution in [-0.4, -0.2) is 16.0 Å². The highest BCUT2D eigenvalue weighted by Crippen LogP contribution is 2.69. The fraction of sp³-hybridized carbons (Fsp3) is 0.727. The zero-order valence-electron chi connectivity index (χ0n) is 8.96. The summed E-state index contributed by atoms with van der Waals surface area (Å²) in [5, 5.41) is 4.05. The van der Waals surface area contributed by atoms with Crippen LogP contribution in [-0.2, 0) is 6.42 Å². The van der Waals surface area contributed by atoms with Crippen LogP contribution in [0.3, 0.4) is 0 Å². The Morgan fingerprint density at radius 1 is 1.50 bits per heavy atom. The van der Waals surface area contributed by atoms with Crippen LogP contribution in [0.2, 0.25) is 0 Å². The lowest BCUT2D eigenvalue weighted by Crippen LogP contribution is -2.34. The molecule has 3 atom stereocenters. The van der Waals surface area contributed by atoms with Crippen molar-refractivity contribution in [2.24, 2.45) is 11.3 Å². The first-order valence-electron chi connectivity index (χ1n) is 5.56. The smallest absolute Gasteiger partial charge is 0.266 e. The summed E-state index contributed by atoms with van der Waals surface area (Å²) in [4.78, 5) is 0. The summed E-state index contributed by atoms with van der Waals surface area (Å²) in [7, 11) is 0. The summed E-state index contributed by atoms with van der Waals surface area (Å²) in [5.41, 5.74) is -0.572. The standard InChI is InChI=1S/C11H13F3N2/c1-7-6-10(7,11(12,13)14)9-3-2-8-4-5-15-16(8)9/h4-5,7,9H,2-3,6H2,1H3. The van der Waals surface area contributed by atoms with Gasteiger partial charge < -0.3 is 0 Å². The monoisotopic (exact) mass is 230 g/mol. The molecule has 0 bridgehead atoms. The molecule has 3 rings (SSSR count). The molecule has 2 aliphatic rings. The highest BCUT2D eigenvalue weighted by Gasteiger charge is 2.73. The summed E-state index contributed by atoms with van der Waals surface area (Å²) in [6.45, 7) is 1.69. The molecule has 0 radical (unpaired) electrons. The van der Waals surface area contributed by atoms with Gasteiger partial charge in [0, 0.05) is 11.9 Å². The van der Waals surface area contributed by atoms with Crippen LogP contribution < -0.4 is 0 Å². The maximum Gasteiger partial charge on any atom is 0.396 e. The number of alkyl halides is 3. The van der Waals surface area contributed by atoms with Gasteiger partial charge in [0.25, 0.3) is 0 Å². The molecule has 1 fully saturated rings. The average Bonchev–Trinajstić information content (AvgIpc) is 2.60. The summed E-state index contributed by atoms with van der Waals surface area (Å²) < 4.78 is 41.1. The van der Waals surface area contributed by atoms with E-state index in [4.69, 9.17) is 0 Å². The first-order valence-corrected chi connectivity index (χ1v) is 5.56. The molecule has 1 aromatic rings. The lowest BCUT2D eigenvalue weighted by atomic mass is 9.91. The van der Waals surface area contributed by atoms with Crippen molar-refractivity contribution in [1.29, 1.82) is 0 Å². The Bertz CT molecular complexity index is 423. The second-order valence-corrected chi connectivity index (χ2v) is 4.96. The number of fused-ring (bicyclic) bond motifs is 1. The van der Waals surface area contributed by atoms with Crippen LogP contribution in [0, 0.1) is 11.3 Å². The maximum atomic E-state index is 13.2. The van der Waals surface area contributed by atoms with E-state index < -0.39 is 17.6 Å². The Morgan fingerprint density at radius 2 is 2.19 bits per heavy atom. The van der Waals surface area contributed by atoms with E-state index in [2.05, 4.69) is 5.10 Å². The molecule has 2 heterocycles. The molecule has 88 valence electrons. The van der Waals surface area contributed by atoms with Gasteiger partial charge in [-0.2, -0.15) is 18.3 Å². The van der Waals surface area contributed by atoms with Crippen molar-refractivity contribution in [3.8, 4) is 0 Å². The minimum Gasteiger partial charge on any atom is -0.266 e. The molecule has 16 heavy (non-hydrogen) atoms. The molecule has 0 amide bonds. The highest BCUT2D eigenvalue weighted by molar-refractivity contribution is 5.17. The highest BCUT2D eigenvalue weighted by atomic mass is 19.4. The Kier molecular flexibility index (Phi) is 1.79. The van der Waals surface area contributed by atoms with Crippen LogP contribution >= 0.6 is 0 Å². The molecule has 0 spiro atoms. The Labute approximate surface area is 91.4 Å². The molecule has 5 heteroatoms. The zero-order valence-corrected chi connectivity index (χ0v) is 8.96. The lowest BCUT2D eigenvalue weighted by molar-refractivity contribution is -0.205. The molecule has 1 aliphatic heterocycles. The number of rotatable bonds is 1. The van der Waals surface area contributed by atoms with Gasteiger partial charge in [-0.25, -0.2) is 0 Å². The first-order chi connectivity index (χ1) is 7.47. The molecule has 2 nitrogen and oxygen atoms in total. The second kappa shape index (κ2) is 2.81. The molecule has 0 saturated heterocycles. The van der Waals surface area contributed by atoms with E-state index in [1.165, 1.54) is 0 Å². The van der Waals surface area contributed by atoms with Crippen LogP contribution in [0.15, 0.2) is 12.3 Å². The fourth-order valence-electron chi connectivity index (χ4n) is 3.20.